The van der Waals surface area contributed by atoms with Gasteiger partial charge in [0, 0.05) is 18.2 Å². The van der Waals surface area contributed by atoms with Gasteiger partial charge in [-0.05, 0) is 18.2 Å². The Hall–Kier alpha value is -2.28. The molecule has 0 saturated carbocycles. The van der Waals surface area contributed by atoms with Gasteiger partial charge in [-0.15, -0.1) is 0 Å². The third-order valence-corrected chi connectivity index (χ3v) is 3.59. The number of ether oxygens (including phenoxy) is 2. The number of halogens is 3. The number of hydrogen-bond acceptors (Lipinski definition) is 4. The highest BCUT2D eigenvalue weighted by Crippen LogP contribution is 2.53. The monoisotopic (exact) mass is 310 g/mol. The minimum absolute atomic E-state index is 0.0323. The topological polar surface area (TPSA) is 57.4 Å². The molecule has 0 amide bonds. The van der Waals surface area contributed by atoms with Gasteiger partial charge in [0.2, 0.25) is 5.88 Å². The molecule has 1 aliphatic rings. The highest BCUT2D eigenvalue weighted by atomic mass is 19.4. The molecule has 1 fully saturated rings. The fourth-order valence-corrected chi connectivity index (χ4v) is 2.38. The molecule has 1 aromatic carbocycles. The van der Waals surface area contributed by atoms with Crippen molar-refractivity contribution in [2.24, 2.45) is 0 Å². The first-order valence-corrected chi connectivity index (χ1v) is 6.62. The molecule has 1 aromatic heterocycles. The van der Waals surface area contributed by atoms with Crippen LogP contribution in [0.4, 0.5) is 18.9 Å². The normalized spacial score (nSPS) is 21.2. The molecule has 4 nitrogen and oxygen atoms in total. The number of pyridine rings is 1. The van der Waals surface area contributed by atoms with Crippen molar-refractivity contribution < 1.29 is 22.6 Å². The summed E-state index contributed by atoms with van der Waals surface area (Å²) in [4.78, 5) is 3.93. The zero-order valence-electron chi connectivity index (χ0n) is 11.4. The van der Waals surface area contributed by atoms with E-state index in [0.29, 0.717) is 0 Å². The summed E-state index contributed by atoms with van der Waals surface area (Å²) in [7, 11) is 0. The summed E-state index contributed by atoms with van der Waals surface area (Å²) in [5.41, 5.74) is 3.57. The molecule has 0 spiro atoms. The second kappa shape index (κ2) is 5.17. The summed E-state index contributed by atoms with van der Waals surface area (Å²) in [6.45, 7) is 0.0551. The summed E-state index contributed by atoms with van der Waals surface area (Å²) in [5.74, 6) is 0.0940. The third-order valence-electron chi connectivity index (χ3n) is 3.59. The van der Waals surface area contributed by atoms with E-state index in [1.54, 1.807) is 18.2 Å². The fourth-order valence-electron chi connectivity index (χ4n) is 2.38. The third kappa shape index (κ3) is 2.27. The fraction of sp³-hybridized carbons (Fsp3) is 0.267. The van der Waals surface area contributed by atoms with E-state index < -0.39 is 11.8 Å². The standard InChI is InChI=1S/C15H13F3N2O2/c16-15(17,18)14(7-9-21-14)10-4-1-2-6-12(10)22-13-11(19)5-3-8-20-13/h1-6,8H,7,9,19H2/t14-/m0/s1. The summed E-state index contributed by atoms with van der Waals surface area (Å²) in [5, 5.41) is 0. The van der Waals surface area contributed by atoms with Gasteiger partial charge in [0.15, 0.2) is 5.60 Å². The van der Waals surface area contributed by atoms with Gasteiger partial charge in [0.1, 0.15) is 5.75 Å². The van der Waals surface area contributed by atoms with E-state index in [0.717, 1.165) is 0 Å². The van der Waals surface area contributed by atoms with Crippen molar-refractivity contribution in [1.82, 2.24) is 4.98 Å². The molecular weight excluding hydrogens is 297 g/mol. The Labute approximate surface area is 124 Å². The quantitative estimate of drug-likeness (QED) is 0.940. The molecule has 22 heavy (non-hydrogen) atoms. The van der Waals surface area contributed by atoms with Crippen LogP contribution < -0.4 is 10.5 Å². The molecule has 2 N–H and O–H groups in total. The molecule has 3 rings (SSSR count). The van der Waals surface area contributed by atoms with E-state index in [9.17, 15) is 13.2 Å². The van der Waals surface area contributed by atoms with Gasteiger partial charge in [-0.2, -0.15) is 13.2 Å². The number of alkyl halides is 3. The van der Waals surface area contributed by atoms with E-state index in [1.165, 1.54) is 24.4 Å². The van der Waals surface area contributed by atoms with Gasteiger partial charge < -0.3 is 15.2 Å². The van der Waals surface area contributed by atoms with Gasteiger partial charge in [0.05, 0.1) is 12.3 Å². The molecular formula is C15H13F3N2O2. The van der Waals surface area contributed by atoms with Crippen molar-refractivity contribution in [2.75, 3.05) is 12.3 Å². The maximum absolute atomic E-state index is 13.4. The highest BCUT2D eigenvalue weighted by molar-refractivity contribution is 5.51. The Morgan fingerprint density at radius 1 is 1.18 bits per heavy atom. The summed E-state index contributed by atoms with van der Waals surface area (Å²) in [6.07, 6.45) is -3.22. The number of nitrogen functional groups attached to an aromatic ring is 1. The molecule has 1 atom stereocenters. The van der Waals surface area contributed by atoms with Crippen molar-refractivity contribution in [1.29, 1.82) is 0 Å². The number of hydrogen-bond donors (Lipinski definition) is 1. The summed E-state index contributed by atoms with van der Waals surface area (Å²) < 4.78 is 50.7. The molecule has 2 aromatic rings. The van der Waals surface area contributed by atoms with Gasteiger partial charge in [-0.3, -0.25) is 0 Å². The van der Waals surface area contributed by atoms with Gasteiger partial charge >= 0.3 is 6.18 Å². The number of para-hydroxylation sites is 1. The van der Waals surface area contributed by atoms with Gasteiger partial charge in [0.25, 0.3) is 0 Å². The molecule has 0 aliphatic carbocycles. The number of nitrogens with two attached hydrogens (primary N) is 1. The van der Waals surface area contributed by atoms with Crippen LogP contribution in [-0.4, -0.2) is 17.8 Å². The maximum atomic E-state index is 13.4. The first kappa shape index (κ1) is 14.6. The molecule has 0 bridgehead atoms. The van der Waals surface area contributed by atoms with E-state index in [2.05, 4.69) is 4.98 Å². The first-order valence-electron chi connectivity index (χ1n) is 6.62. The molecule has 7 heteroatoms. The molecule has 116 valence electrons. The van der Waals surface area contributed by atoms with Crippen molar-refractivity contribution >= 4 is 5.69 Å². The minimum Gasteiger partial charge on any atom is -0.437 e. The average Bonchev–Trinajstić information content (AvgIpc) is 2.40. The lowest BCUT2D eigenvalue weighted by Gasteiger charge is -2.43. The second-order valence-electron chi connectivity index (χ2n) is 4.92. The molecule has 0 unspecified atom stereocenters. The smallest absolute Gasteiger partial charge is 0.421 e. The van der Waals surface area contributed by atoms with Crippen LogP contribution in [0.3, 0.4) is 0 Å². The van der Waals surface area contributed by atoms with E-state index in [-0.39, 0.29) is 35.9 Å². The summed E-state index contributed by atoms with van der Waals surface area (Å²) >= 11 is 0. The minimum atomic E-state index is -4.53. The van der Waals surface area contributed by atoms with E-state index in [4.69, 9.17) is 15.2 Å². The van der Waals surface area contributed by atoms with Crippen LogP contribution in [-0.2, 0) is 10.3 Å². The lowest BCUT2D eigenvalue weighted by atomic mass is 9.85. The average molecular weight is 310 g/mol. The predicted octanol–water partition coefficient (Wildman–Crippen LogP) is 3.63. The van der Waals surface area contributed by atoms with Crippen LogP contribution in [0.25, 0.3) is 0 Å². The molecule has 2 heterocycles. The van der Waals surface area contributed by atoms with Gasteiger partial charge in [-0.25, -0.2) is 4.98 Å². The van der Waals surface area contributed by atoms with Crippen LogP contribution in [0.2, 0.25) is 0 Å². The molecule has 0 radical (unpaired) electrons. The SMILES string of the molecule is Nc1cccnc1Oc1ccccc1[C@]1(C(F)(F)F)CCO1. The van der Waals surface area contributed by atoms with Crippen molar-refractivity contribution in [3.8, 4) is 11.6 Å². The van der Waals surface area contributed by atoms with E-state index in [1.807, 2.05) is 0 Å². The maximum Gasteiger partial charge on any atom is 0.421 e. The van der Waals surface area contributed by atoms with Crippen LogP contribution in [0.15, 0.2) is 42.6 Å². The van der Waals surface area contributed by atoms with Gasteiger partial charge in [-0.1, -0.05) is 18.2 Å². The number of nitrogens with zero attached hydrogens (tertiary/aromatic N) is 1. The molecule has 1 aliphatic heterocycles. The van der Waals surface area contributed by atoms with Crippen LogP contribution in [0, 0.1) is 0 Å². The zero-order chi connectivity index (χ0) is 15.8. The number of rotatable bonds is 3. The van der Waals surface area contributed by atoms with Crippen LogP contribution in [0.5, 0.6) is 11.6 Å². The van der Waals surface area contributed by atoms with E-state index >= 15 is 0 Å². The lowest BCUT2D eigenvalue weighted by molar-refractivity contribution is -0.333. The van der Waals surface area contributed by atoms with Crippen LogP contribution in [0.1, 0.15) is 12.0 Å². The largest absolute Gasteiger partial charge is 0.437 e. The number of anilines is 1. The van der Waals surface area contributed by atoms with Crippen molar-refractivity contribution in [3.63, 3.8) is 0 Å². The first-order chi connectivity index (χ1) is 10.4. The Morgan fingerprint density at radius 3 is 2.50 bits per heavy atom. The lowest BCUT2D eigenvalue weighted by Crippen LogP contribution is -2.52. The van der Waals surface area contributed by atoms with Crippen molar-refractivity contribution in [3.05, 3.63) is 48.2 Å². The second-order valence-corrected chi connectivity index (χ2v) is 4.92. The highest BCUT2D eigenvalue weighted by Gasteiger charge is 2.62. The Bertz CT molecular complexity index is 684. The van der Waals surface area contributed by atoms with Crippen LogP contribution >= 0.6 is 0 Å². The molecule has 1 saturated heterocycles. The predicted molar refractivity (Wildman–Crippen MR) is 73.5 cm³/mol. The summed E-state index contributed by atoms with van der Waals surface area (Å²) in [6, 6.07) is 9.06. The number of aromatic nitrogens is 1. The zero-order valence-corrected chi connectivity index (χ0v) is 11.4. The Balaban J connectivity index is 2.03. The van der Waals surface area contributed by atoms with Crippen molar-refractivity contribution in [2.45, 2.75) is 18.2 Å². The Kier molecular flexibility index (Phi) is 3.44. The number of benzene rings is 1. The Morgan fingerprint density at radius 2 is 1.91 bits per heavy atom.